The molecule has 0 radical (unpaired) electrons. The summed E-state index contributed by atoms with van der Waals surface area (Å²) in [5, 5.41) is 2.49. The standard InChI is InChI=1S/C13H25N3O4/c1-8(2)11(14)12(18)15-6-10(17)16(4)7-9(3)13(19)20-5/h8-9,11H,6-7,14H2,1-5H3,(H,15,18)/t9?,11-/m0/s1. The van der Waals surface area contributed by atoms with Gasteiger partial charge in [-0.2, -0.15) is 0 Å². The summed E-state index contributed by atoms with van der Waals surface area (Å²) < 4.78 is 4.59. The van der Waals surface area contributed by atoms with E-state index in [0.29, 0.717) is 0 Å². The first-order chi connectivity index (χ1) is 9.20. The molecular weight excluding hydrogens is 262 g/mol. The molecule has 20 heavy (non-hydrogen) atoms. The van der Waals surface area contributed by atoms with Crippen LogP contribution in [0.5, 0.6) is 0 Å². The number of carbonyl (C=O) groups is 3. The van der Waals surface area contributed by atoms with Gasteiger partial charge in [0, 0.05) is 13.6 Å². The zero-order valence-corrected chi connectivity index (χ0v) is 12.8. The third-order valence-corrected chi connectivity index (χ3v) is 3.01. The van der Waals surface area contributed by atoms with E-state index in [0.717, 1.165) is 0 Å². The van der Waals surface area contributed by atoms with Crippen molar-refractivity contribution in [2.75, 3.05) is 27.2 Å². The number of carbonyl (C=O) groups excluding carboxylic acids is 3. The van der Waals surface area contributed by atoms with Gasteiger partial charge in [-0.3, -0.25) is 14.4 Å². The lowest BCUT2D eigenvalue weighted by atomic mass is 10.1. The van der Waals surface area contributed by atoms with Crippen LogP contribution in [-0.2, 0) is 19.1 Å². The Labute approximate surface area is 119 Å². The van der Waals surface area contributed by atoms with Gasteiger partial charge in [0.25, 0.3) is 0 Å². The van der Waals surface area contributed by atoms with Gasteiger partial charge in [0.2, 0.25) is 11.8 Å². The molecule has 0 aromatic rings. The normalized spacial score (nSPS) is 13.6. The van der Waals surface area contributed by atoms with Crippen molar-refractivity contribution >= 4 is 17.8 Å². The number of methoxy groups -OCH3 is 1. The summed E-state index contributed by atoms with van der Waals surface area (Å²) >= 11 is 0. The van der Waals surface area contributed by atoms with Crippen LogP contribution in [-0.4, -0.2) is 56.0 Å². The lowest BCUT2D eigenvalue weighted by Gasteiger charge is -2.21. The van der Waals surface area contributed by atoms with E-state index < -0.39 is 12.0 Å². The number of nitrogens with two attached hydrogens (primary N) is 1. The maximum Gasteiger partial charge on any atom is 0.310 e. The summed E-state index contributed by atoms with van der Waals surface area (Å²) in [6.07, 6.45) is 0. The van der Waals surface area contributed by atoms with Crippen molar-refractivity contribution in [2.24, 2.45) is 17.6 Å². The van der Waals surface area contributed by atoms with Crippen LogP contribution in [0.3, 0.4) is 0 Å². The van der Waals surface area contributed by atoms with E-state index >= 15 is 0 Å². The molecule has 0 saturated carbocycles. The van der Waals surface area contributed by atoms with E-state index in [-0.39, 0.29) is 36.8 Å². The maximum absolute atomic E-state index is 11.8. The van der Waals surface area contributed by atoms with Crippen LogP contribution in [0.1, 0.15) is 20.8 Å². The van der Waals surface area contributed by atoms with Crippen molar-refractivity contribution < 1.29 is 19.1 Å². The zero-order chi connectivity index (χ0) is 15.9. The molecule has 7 heteroatoms. The second-order valence-electron chi connectivity index (χ2n) is 5.19. The number of nitrogens with one attached hydrogen (secondary N) is 1. The van der Waals surface area contributed by atoms with Gasteiger partial charge >= 0.3 is 5.97 Å². The van der Waals surface area contributed by atoms with Crippen molar-refractivity contribution in [1.29, 1.82) is 0 Å². The molecule has 1 unspecified atom stereocenters. The molecule has 0 spiro atoms. The molecule has 0 aliphatic heterocycles. The maximum atomic E-state index is 11.8. The van der Waals surface area contributed by atoms with E-state index in [4.69, 9.17) is 5.73 Å². The van der Waals surface area contributed by atoms with Crippen LogP contribution in [0.15, 0.2) is 0 Å². The average molecular weight is 287 g/mol. The molecule has 116 valence electrons. The summed E-state index contributed by atoms with van der Waals surface area (Å²) in [7, 11) is 2.87. The Morgan fingerprint density at radius 3 is 2.25 bits per heavy atom. The highest BCUT2D eigenvalue weighted by Gasteiger charge is 2.21. The Morgan fingerprint density at radius 2 is 1.80 bits per heavy atom. The molecule has 3 N–H and O–H groups in total. The largest absolute Gasteiger partial charge is 0.469 e. The van der Waals surface area contributed by atoms with Gasteiger partial charge in [-0.1, -0.05) is 20.8 Å². The first kappa shape index (κ1) is 18.4. The van der Waals surface area contributed by atoms with E-state index in [1.807, 2.05) is 13.8 Å². The molecule has 2 atom stereocenters. The zero-order valence-electron chi connectivity index (χ0n) is 12.8. The first-order valence-electron chi connectivity index (χ1n) is 6.55. The number of amides is 2. The van der Waals surface area contributed by atoms with E-state index in [2.05, 4.69) is 10.1 Å². The first-order valence-corrected chi connectivity index (χ1v) is 6.55. The van der Waals surface area contributed by atoms with Crippen LogP contribution >= 0.6 is 0 Å². The third kappa shape index (κ3) is 6.01. The van der Waals surface area contributed by atoms with E-state index in [1.54, 1.807) is 14.0 Å². The number of esters is 1. The molecule has 0 saturated heterocycles. The van der Waals surface area contributed by atoms with Gasteiger partial charge < -0.3 is 20.7 Å². The van der Waals surface area contributed by atoms with Crippen LogP contribution in [0.2, 0.25) is 0 Å². The van der Waals surface area contributed by atoms with Crippen molar-refractivity contribution in [3.63, 3.8) is 0 Å². The average Bonchev–Trinajstić information content (AvgIpc) is 2.41. The SMILES string of the molecule is COC(=O)C(C)CN(C)C(=O)CNC(=O)[C@@H](N)C(C)C. The Balaban J connectivity index is 4.21. The number of nitrogens with zero attached hydrogens (tertiary/aromatic N) is 1. The number of ether oxygens (including phenoxy) is 1. The van der Waals surface area contributed by atoms with Crippen LogP contribution in [0, 0.1) is 11.8 Å². The summed E-state index contributed by atoms with van der Waals surface area (Å²) in [6.45, 7) is 5.43. The number of hydrogen-bond donors (Lipinski definition) is 2. The number of likely N-dealkylation sites (N-methyl/N-ethyl adjacent to an activating group) is 1. The summed E-state index contributed by atoms with van der Waals surface area (Å²) in [4.78, 5) is 36.0. The topological polar surface area (TPSA) is 102 Å². The number of rotatable bonds is 7. The summed E-state index contributed by atoms with van der Waals surface area (Å²) in [5.74, 6) is -1.44. The lowest BCUT2D eigenvalue weighted by molar-refractivity contribution is -0.146. The molecule has 0 aliphatic carbocycles. The smallest absolute Gasteiger partial charge is 0.310 e. The second kappa shape index (κ2) is 8.52. The highest BCUT2D eigenvalue weighted by molar-refractivity contribution is 5.87. The fourth-order valence-electron chi connectivity index (χ4n) is 1.51. The fraction of sp³-hybridized carbons (Fsp3) is 0.769. The van der Waals surface area contributed by atoms with E-state index in [9.17, 15) is 14.4 Å². The van der Waals surface area contributed by atoms with Crippen molar-refractivity contribution in [2.45, 2.75) is 26.8 Å². The van der Waals surface area contributed by atoms with Crippen LogP contribution in [0.25, 0.3) is 0 Å². The Kier molecular flexibility index (Phi) is 7.83. The molecule has 2 amide bonds. The quantitative estimate of drug-likeness (QED) is 0.606. The Bertz CT molecular complexity index is 358. The van der Waals surface area contributed by atoms with Crippen molar-refractivity contribution in [3.8, 4) is 0 Å². The molecule has 7 nitrogen and oxygen atoms in total. The molecule has 0 aromatic heterocycles. The molecule has 0 heterocycles. The molecule has 0 rings (SSSR count). The minimum atomic E-state index is -0.637. The fourth-order valence-corrected chi connectivity index (χ4v) is 1.51. The predicted octanol–water partition coefficient (Wildman–Crippen LogP) is -0.647. The van der Waals surface area contributed by atoms with Crippen molar-refractivity contribution in [1.82, 2.24) is 10.2 Å². The monoisotopic (exact) mass is 287 g/mol. The predicted molar refractivity (Wildman–Crippen MR) is 74.6 cm³/mol. The third-order valence-electron chi connectivity index (χ3n) is 3.01. The van der Waals surface area contributed by atoms with Crippen LogP contribution < -0.4 is 11.1 Å². The molecular formula is C13H25N3O4. The Hall–Kier alpha value is -1.63. The highest BCUT2D eigenvalue weighted by Crippen LogP contribution is 2.01. The second-order valence-corrected chi connectivity index (χ2v) is 5.19. The van der Waals surface area contributed by atoms with E-state index in [1.165, 1.54) is 12.0 Å². The minimum absolute atomic E-state index is 0.00202. The van der Waals surface area contributed by atoms with Gasteiger partial charge in [-0.25, -0.2) is 0 Å². The molecule has 0 aromatic carbocycles. The molecule has 0 bridgehead atoms. The Morgan fingerprint density at radius 1 is 1.25 bits per heavy atom. The van der Waals surface area contributed by atoms with Crippen LogP contribution in [0.4, 0.5) is 0 Å². The summed E-state index contributed by atoms with van der Waals surface area (Å²) in [6, 6.07) is -0.637. The van der Waals surface area contributed by atoms with Gasteiger partial charge in [-0.15, -0.1) is 0 Å². The highest BCUT2D eigenvalue weighted by atomic mass is 16.5. The molecule has 0 aliphatic rings. The number of hydrogen-bond acceptors (Lipinski definition) is 5. The minimum Gasteiger partial charge on any atom is -0.469 e. The lowest BCUT2D eigenvalue weighted by Crippen LogP contribution is -2.48. The summed E-state index contributed by atoms with van der Waals surface area (Å²) in [5.41, 5.74) is 5.66. The van der Waals surface area contributed by atoms with Gasteiger partial charge in [0.1, 0.15) is 0 Å². The van der Waals surface area contributed by atoms with Crippen molar-refractivity contribution in [3.05, 3.63) is 0 Å². The van der Waals surface area contributed by atoms with Gasteiger partial charge in [0.05, 0.1) is 25.6 Å². The van der Waals surface area contributed by atoms with Gasteiger partial charge in [-0.05, 0) is 5.92 Å². The van der Waals surface area contributed by atoms with Gasteiger partial charge in [0.15, 0.2) is 0 Å². The molecule has 0 fully saturated rings.